The fourth-order valence-electron chi connectivity index (χ4n) is 4.98. The van der Waals surface area contributed by atoms with Gasteiger partial charge in [-0.1, -0.05) is 6.07 Å². The van der Waals surface area contributed by atoms with E-state index in [9.17, 15) is 0 Å². The Labute approximate surface area is 193 Å². The average Bonchev–Trinajstić information content (AvgIpc) is 3.76. The highest BCUT2D eigenvalue weighted by Crippen LogP contribution is 2.58. The molecule has 3 aliphatic rings. The minimum absolute atomic E-state index is 0.328. The summed E-state index contributed by atoms with van der Waals surface area (Å²) < 4.78 is 11.1. The lowest BCUT2D eigenvalue weighted by atomic mass is 10.1. The molecule has 0 spiro atoms. The van der Waals surface area contributed by atoms with E-state index in [0.29, 0.717) is 41.1 Å². The summed E-state index contributed by atoms with van der Waals surface area (Å²) in [6.07, 6.45) is 5.78. The van der Waals surface area contributed by atoms with Gasteiger partial charge in [0.15, 0.2) is 11.6 Å². The van der Waals surface area contributed by atoms with Crippen LogP contribution in [0.5, 0.6) is 11.6 Å². The Hall–Kier alpha value is -3.10. The lowest BCUT2D eigenvalue weighted by Crippen LogP contribution is -2.28. The molecule has 8 heteroatoms. The number of fused-ring (bicyclic) bond motifs is 1. The third-order valence-electron chi connectivity index (χ3n) is 6.96. The topological polar surface area (TPSA) is 99.3 Å². The molecule has 6 rings (SSSR count). The van der Waals surface area contributed by atoms with Crippen molar-refractivity contribution in [2.75, 3.05) is 39.1 Å². The number of likely N-dealkylation sites (tertiary alicyclic amines) is 1. The van der Waals surface area contributed by atoms with E-state index in [1.165, 1.54) is 18.5 Å². The summed E-state index contributed by atoms with van der Waals surface area (Å²) in [6, 6.07) is 9.56. The number of anilines is 1. The van der Waals surface area contributed by atoms with Crippen molar-refractivity contribution in [3.05, 3.63) is 54.2 Å². The fraction of sp³-hybridized carbons (Fsp3) is 0.440. The van der Waals surface area contributed by atoms with Gasteiger partial charge in [0.2, 0.25) is 5.88 Å². The average molecular weight is 445 g/mol. The molecule has 2 aliphatic carbocycles. The number of nitrogens with zero attached hydrogens (tertiary/aromatic N) is 5. The van der Waals surface area contributed by atoms with Gasteiger partial charge in [0.05, 0.1) is 12.3 Å². The van der Waals surface area contributed by atoms with Crippen molar-refractivity contribution in [1.82, 2.24) is 24.8 Å². The first kappa shape index (κ1) is 20.5. The molecule has 3 atom stereocenters. The predicted molar refractivity (Wildman–Crippen MR) is 124 cm³/mol. The van der Waals surface area contributed by atoms with E-state index in [1.807, 2.05) is 18.2 Å². The van der Waals surface area contributed by atoms with Crippen LogP contribution in [0.1, 0.15) is 36.2 Å². The second-order valence-electron chi connectivity index (χ2n) is 9.29. The standard InChI is InChI=1S/C25H28N6O2/c1-32-9-8-31-13-17-18(14-31)23(17)20-11-19(29-25(30-20)15-5-6-15)16-10-21(24(26)28-12-16)33-22-4-2-3-7-27-22/h2-4,7,10-12,15,17-18,23H,5-6,8-9,13-14H2,1H3,(H2,26,28)/t17-,18+,23+. The summed E-state index contributed by atoms with van der Waals surface area (Å²) >= 11 is 0. The number of rotatable bonds is 8. The van der Waals surface area contributed by atoms with Gasteiger partial charge in [-0.25, -0.2) is 19.9 Å². The molecule has 3 aromatic rings. The Morgan fingerprint density at radius 2 is 1.94 bits per heavy atom. The van der Waals surface area contributed by atoms with E-state index in [-0.39, 0.29) is 0 Å². The van der Waals surface area contributed by atoms with Crippen molar-refractivity contribution < 1.29 is 9.47 Å². The zero-order chi connectivity index (χ0) is 22.4. The number of nitrogen functional groups attached to an aromatic ring is 1. The molecule has 4 heterocycles. The highest BCUT2D eigenvalue weighted by Gasteiger charge is 2.57. The second kappa shape index (κ2) is 8.35. The summed E-state index contributed by atoms with van der Waals surface area (Å²) in [7, 11) is 1.76. The van der Waals surface area contributed by atoms with Crippen molar-refractivity contribution in [2.24, 2.45) is 11.8 Å². The number of aromatic nitrogens is 4. The van der Waals surface area contributed by atoms with Crippen LogP contribution in [-0.2, 0) is 4.74 Å². The zero-order valence-electron chi connectivity index (χ0n) is 18.7. The number of nitrogens with two attached hydrogens (primary N) is 1. The molecule has 1 aliphatic heterocycles. The molecule has 0 aromatic carbocycles. The Morgan fingerprint density at radius 3 is 2.67 bits per heavy atom. The van der Waals surface area contributed by atoms with E-state index in [4.69, 9.17) is 25.2 Å². The van der Waals surface area contributed by atoms with Gasteiger partial charge >= 0.3 is 0 Å². The lowest BCUT2D eigenvalue weighted by Gasteiger charge is -2.19. The van der Waals surface area contributed by atoms with Crippen molar-refractivity contribution in [3.63, 3.8) is 0 Å². The van der Waals surface area contributed by atoms with Crippen LogP contribution < -0.4 is 10.5 Å². The van der Waals surface area contributed by atoms with Gasteiger partial charge in [0.25, 0.3) is 0 Å². The van der Waals surface area contributed by atoms with Crippen LogP contribution in [0.4, 0.5) is 5.82 Å². The largest absolute Gasteiger partial charge is 0.435 e. The summed E-state index contributed by atoms with van der Waals surface area (Å²) in [6.45, 7) is 4.06. The second-order valence-corrected chi connectivity index (χ2v) is 9.29. The molecular weight excluding hydrogens is 416 g/mol. The lowest BCUT2D eigenvalue weighted by molar-refractivity contribution is 0.153. The molecule has 3 fully saturated rings. The smallest absolute Gasteiger partial charge is 0.219 e. The van der Waals surface area contributed by atoms with Crippen LogP contribution in [0.15, 0.2) is 42.7 Å². The molecule has 170 valence electrons. The molecule has 3 aromatic heterocycles. The number of piperidine rings is 1. The maximum Gasteiger partial charge on any atom is 0.219 e. The third kappa shape index (κ3) is 4.16. The van der Waals surface area contributed by atoms with Crippen LogP contribution in [0.3, 0.4) is 0 Å². The zero-order valence-corrected chi connectivity index (χ0v) is 18.7. The Bertz CT molecular complexity index is 1140. The minimum Gasteiger partial charge on any atom is -0.435 e. The summed E-state index contributed by atoms with van der Waals surface area (Å²) in [5, 5.41) is 0. The van der Waals surface area contributed by atoms with Gasteiger partial charge in [0, 0.05) is 68.3 Å². The Kier molecular flexibility index (Phi) is 5.19. The molecule has 0 unspecified atom stereocenters. The SMILES string of the molecule is COCCN1C[C@@H]2[C@H](C1)[C@H]2c1cc(-c2cnc(N)c(Oc3ccccn3)c2)nc(C2CC2)n1. The van der Waals surface area contributed by atoms with Gasteiger partial charge in [0.1, 0.15) is 5.82 Å². The molecule has 1 saturated heterocycles. The summed E-state index contributed by atoms with van der Waals surface area (Å²) in [4.78, 5) is 21.0. The number of methoxy groups -OCH3 is 1. The van der Waals surface area contributed by atoms with Crippen molar-refractivity contribution in [3.8, 4) is 22.9 Å². The monoisotopic (exact) mass is 444 g/mol. The van der Waals surface area contributed by atoms with Crippen molar-refractivity contribution in [1.29, 1.82) is 0 Å². The summed E-state index contributed by atoms with van der Waals surface area (Å²) in [5.74, 6) is 4.63. The predicted octanol–water partition coefficient (Wildman–Crippen LogP) is 3.48. The maximum absolute atomic E-state index is 6.09. The molecule has 8 nitrogen and oxygen atoms in total. The number of ether oxygens (including phenoxy) is 2. The Balaban J connectivity index is 1.27. The van der Waals surface area contributed by atoms with Crippen molar-refractivity contribution in [2.45, 2.75) is 24.7 Å². The highest BCUT2D eigenvalue weighted by molar-refractivity contribution is 5.65. The number of hydrogen-bond donors (Lipinski definition) is 1. The first-order valence-corrected chi connectivity index (χ1v) is 11.6. The van der Waals surface area contributed by atoms with E-state index >= 15 is 0 Å². The van der Waals surface area contributed by atoms with Crippen LogP contribution in [0, 0.1) is 11.8 Å². The van der Waals surface area contributed by atoms with Crippen molar-refractivity contribution >= 4 is 5.82 Å². The fourth-order valence-corrected chi connectivity index (χ4v) is 4.98. The van der Waals surface area contributed by atoms with Gasteiger partial charge in [-0.05, 0) is 42.9 Å². The molecule has 2 saturated carbocycles. The first-order chi connectivity index (χ1) is 16.2. The quantitative estimate of drug-likeness (QED) is 0.564. The van der Waals surface area contributed by atoms with Gasteiger partial charge in [-0.2, -0.15) is 0 Å². The van der Waals surface area contributed by atoms with E-state index in [0.717, 1.165) is 43.3 Å². The van der Waals surface area contributed by atoms with Crippen LogP contribution in [-0.4, -0.2) is 58.2 Å². The molecule has 0 amide bonds. The molecular formula is C25H28N6O2. The molecule has 33 heavy (non-hydrogen) atoms. The van der Waals surface area contributed by atoms with Gasteiger partial charge in [-0.15, -0.1) is 0 Å². The van der Waals surface area contributed by atoms with E-state index in [1.54, 1.807) is 25.6 Å². The van der Waals surface area contributed by atoms with Gasteiger partial charge in [-0.3, -0.25) is 0 Å². The minimum atomic E-state index is 0.328. The third-order valence-corrected chi connectivity index (χ3v) is 6.96. The van der Waals surface area contributed by atoms with Gasteiger partial charge < -0.3 is 20.1 Å². The van der Waals surface area contributed by atoms with Crippen LogP contribution in [0.2, 0.25) is 0 Å². The van der Waals surface area contributed by atoms with E-state index in [2.05, 4.69) is 20.9 Å². The highest BCUT2D eigenvalue weighted by atomic mass is 16.5. The Morgan fingerprint density at radius 1 is 1.09 bits per heavy atom. The van der Waals surface area contributed by atoms with E-state index < -0.39 is 0 Å². The summed E-state index contributed by atoms with van der Waals surface area (Å²) in [5.41, 5.74) is 9.04. The number of pyridine rings is 2. The molecule has 2 N–H and O–H groups in total. The number of hydrogen-bond acceptors (Lipinski definition) is 8. The van der Waals surface area contributed by atoms with Crippen LogP contribution in [0.25, 0.3) is 11.3 Å². The molecule has 0 bridgehead atoms. The first-order valence-electron chi connectivity index (χ1n) is 11.6. The maximum atomic E-state index is 6.09. The molecule has 0 radical (unpaired) electrons. The van der Waals surface area contributed by atoms with Crippen LogP contribution >= 0.6 is 0 Å². The normalized spacial score (nSPS) is 24.0.